The van der Waals surface area contributed by atoms with Gasteiger partial charge in [0.2, 0.25) is 11.8 Å². The fourth-order valence-corrected chi connectivity index (χ4v) is 2.17. The lowest BCUT2D eigenvalue weighted by molar-refractivity contribution is -0.136. The minimum Gasteiger partial charge on any atom is -0.494 e. The van der Waals surface area contributed by atoms with E-state index in [2.05, 4.69) is 10.2 Å². The van der Waals surface area contributed by atoms with Crippen molar-refractivity contribution in [2.75, 3.05) is 6.61 Å². The van der Waals surface area contributed by atoms with E-state index < -0.39 is 24.6 Å². The highest BCUT2D eigenvalue weighted by Gasteiger charge is 2.26. The van der Waals surface area contributed by atoms with Crippen LogP contribution in [0.5, 0.6) is 5.75 Å². The Morgan fingerprint density at radius 1 is 1.29 bits per heavy atom. The van der Waals surface area contributed by atoms with Crippen LogP contribution in [0.25, 0.3) is 0 Å². The molecule has 1 aromatic heterocycles. The Hall–Kier alpha value is -2.09. The maximum atomic E-state index is 12.1. The molecule has 0 bridgehead atoms. The van der Waals surface area contributed by atoms with Gasteiger partial charge in [-0.15, -0.1) is 10.2 Å². The van der Waals surface area contributed by atoms with Crippen molar-refractivity contribution in [3.05, 3.63) is 41.6 Å². The van der Waals surface area contributed by atoms with Crippen LogP contribution in [0.4, 0.5) is 13.2 Å². The molecular formula is C16H19F3N2O3. The number of hydrogen-bond donors (Lipinski definition) is 1. The second-order valence-corrected chi connectivity index (χ2v) is 5.53. The molecule has 1 aromatic carbocycles. The van der Waals surface area contributed by atoms with Crippen LogP contribution in [0.1, 0.15) is 49.1 Å². The van der Waals surface area contributed by atoms with Crippen LogP contribution in [-0.4, -0.2) is 28.1 Å². The normalized spacial score (nSPS) is 14.4. The van der Waals surface area contributed by atoms with Gasteiger partial charge in [0.25, 0.3) is 0 Å². The number of rotatable bonds is 7. The third-order valence-electron chi connectivity index (χ3n) is 3.48. The molecular weight excluding hydrogens is 325 g/mol. The Morgan fingerprint density at radius 3 is 2.67 bits per heavy atom. The standard InChI is InChI=1S/C16H19F3N2O3/c1-10(15-21-20-11(2)24-15)14(22)12-5-3-6-13(9-12)23-8-4-7-16(17,18)19/h3,5-6,9-10,14,22H,4,7-8H2,1-2H3. The number of aliphatic hydroxyl groups excluding tert-OH is 1. The minimum atomic E-state index is -4.18. The van der Waals surface area contributed by atoms with Crippen LogP contribution in [0.15, 0.2) is 28.7 Å². The van der Waals surface area contributed by atoms with Crippen molar-refractivity contribution in [3.63, 3.8) is 0 Å². The molecule has 0 saturated carbocycles. The van der Waals surface area contributed by atoms with Crippen molar-refractivity contribution < 1.29 is 27.4 Å². The smallest absolute Gasteiger partial charge is 0.389 e. The summed E-state index contributed by atoms with van der Waals surface area (Å²) in [5, 5.41) is 18.0. The van der Waals surface area contributed by atoms with E-state index in [-0.39, 0.29) is 13.0 Å². The van der Waals surface area contributed by atoms with Gasteiger partial charge >= 0.3 is 6.18 Å². The molecule has 8 heteroatoms. The van der Waals surface area contributed by atoms with Crippen molar-refractivity contribution in [2.24, 2.45) is 0 Å². The first-order chi connectivity index (χ1) is 11.3. The van der Waals surface area contributed by atoms with Gasteiger partial charge < -0.3 is 14.3 Å². The Balaban J connectivity index is 1.96. The van der Waals surface area contributed by atoms with E-state index in [0.29, 0.717) is 23.1 Å². The van der Waals surface area contributed by atoms with Gasteiger partial charge in [0.1, 0.15) is 5.75 Å². The zero-order valence-corrected chi connectivity index (χ0v) is 13.4. The fraction of sp³-hybridized carbons (Fsp3) is 0.500. The van der Waals surface area contributed by atoms with Gasteiger partial charge in [-0.1, -0.05) is 19.1 Å². The molecule has 2 unspecified atom stereocenters. The van der Waals surface area contributed by atoms with Crippen LogP contribution in [0.2, 0.25) is 0 Å². The number of benzene rings is 1. The molecule has 0 aliphatic heterocycles. The zero-order valence-electron chi connectivity index (χ0n) is 13.4. The van der Waals surface area contributed by atoms with Crippen molar-refractivity contribution >= 4 is 0 Å². The number of aliphatic hydroxyl groups is 1. The summed E-state index contributed by atoms with van der Waals surface area (Å²) in [6.45, 7) is 3.36. The summed E-state index contributed by atoms with van der Waals surface area (Å²) in [6.07, 6.45) is -6.08. The Morgan fingerprint density at radius 2 is 2.04 bits per heavy atom. The summed E-state index contributed by atoms with van der Waals surface area (Å²) >= 11 is 0. The van der Waals surface area contributed by atoms with Crippen LogP contribution < -0.4 is 4.74 Å². The average Bonchev–Trinajstić information content (AvgIpc) is 2.96. The quantitative estimate of drug-likeness (QED) is 0.771. The molecule has 0 fully saturated rings. The van der Waals surface area contributed by atoms with E-state index >= 15 is 0 Å². The summed E-state index contributed by atoms with van der Waals surface area (Å²) in [5.41, 5.74) is 0.562. The molecule has 0 radical (unpaired) electrons. The molecule has 0 spiro atoms. The highest BCUT2D eigenvalue weighted by atomic mass is 19.4. The van der Waals surface area contributed by atoms with E-state index in [4.69, 9.17) is 9.15 Å². The molecule has 0 amide bonds. The highest BCUT2D eigenvalue weighted by Crippen LogP contribution is 2.31. The molecule has 0 saturated heterocycles. The highest BCUT2D eigenvalue weighted by molar-refractivity contribution is 5.31. The summed E-state index contributed by atoms with van der Waals surface area (Å²) in [6, 6.07) is 6.60. The number of hydrogen-bond acceptors (Lipinski definition) is 5. The number of aromatic nitrogens is 2. The number of alkyl halides is 3. The number of aryl methyl sites for hydroxylation is 1. The molecule has 24 heavy (non-hydrogen) atoms. The van der Waals surface area contributed by atoms with E-state index in [1.54, 1.807) is 38.1 Å². The first kappa shape index (κ1) is 18.3. The summed E-state index contributed by atoms with van der Waals surface area (Å²) in [4.78, 5) is 0. The van der Waals surface area contributed by atoms with Crippen LogP contribution >= 0.6 is 0 Å². The number of nitrogens with zero attached hydrogens (tertiary/aromatic N) is 2. The zero-order chi connectivity index (χ0) is 17.7. The molecule has 2 atom stereocenters. The van der Waals surface area contributed by atoms with Crippen LogP contribution in [0, 0.1) is 6.92 Å². The lowest BCUT2D eigenvalue weighted by Gasteiger charge is -2.17. The first-order valence-corrected chi connectivity index (χ1v) is 7.54. The van der Waals surface area contributed by atoms with Crippen molar-refractivity contribution in [2.45, 2.75) is 44.9 Å². The second kappa shape index (κ2) is 7.65. The number of ether oxygens (including phenoxy) is 1. The Bertz CT molecular complexity index is 658. The molecule has 2 aromatic rings. The maximum absolute atomic E-state index is 12.1. The lowest BCUT2D eigenvalue weighted by Crippen LogP contribution is -2.10. The molecule has 132 valence electrons. The molecule has 0 aliphatic carbocycles. The van der Waals surface area contributed by atoms with Gasteiger partial charge in [0, 0.05) is 13.3 Å². The van der Waals surface area contributed by atoms with Gasteiger partial charge in [-0.3, -0.25) is 0 Å². The van der Waals surface area contributed by atoms with Gasteiger partial charge in [-0.25, -0.2) is 0 Å². The Kier molecular flexibility index (Phi) is 5.82. The summed E-state index contributed by atoms with van der Waals surface area (Å²) in [5.74, 6) is 0.705. The van der Waals surface area contributed by atoms with Gasteiger partial charge in [-0.2, -0.15) is 13.2 Å². The average molecular weight is 344 g/mol. The second-order valence-electron chi connectivity index (χ2n) is 5.53. The van der Waals surface area contributed by atoms with E-state index in [1.807, 2.05) is 0 Å². The monoisotopic (exact) mass is 344 g/mol. The predicted molar refractivity (Wildman–Crippen MR) is 79.6 cm³/mol. The minimum absolute atomic E-state index is 0.0442. The summed E-state index contributed by atoms with van der Waals surface area (Å²) in [7, 11) is 0. The van der Waals surface area contributed by atoms with E-state index in [0.717, 1.165) is 0 Å². The lowest BCUT2D eigenvalue weighted by atomic mass is 9.97. The number of halogens is 3. The molecule has 5 nitrogen and oxygen atoms in total. The van der Waals surface area contributed by atoms with Gasteiger partial charge in [0.15, 0.2) is 0 Å². The molecule has 1 N–H and O–H groups in total. The van der Waals surface area contributed by atoms with Crippen molar-refractivity contribution in [1.82, 2.24) is 10.2 Å². The third kappa shape index (κ3) is 5.23. The third-order valence-corrected chi connectivity index (χ3v) is 3.48. The predicted octanol–water partition coefficient (Wildman–Crippen LogP) is 3.94. The topological polar surface area (TPSA) is 68.4 Å². The van der Waals surface area contributed by atoms with Crippen LogP contribution in [0.3, 0.4) is 0 Å². The molecule has 1 heterocycles. The van der Waals surface area contributed by atoms with Gasteiger partial charge in [-0.05, 0) is 24.1 Å². The van der Waals surface area contributed by atoms with E-state index in [1.165, 1.54) is 0 Å². The SMILES string of the molecule is Cc1nnc(C(C)C(O)c2cccc(OCCCC(F)(F)F)c2)o1. The maximum Gasteiger partial charge on any atom is 0.389 e. The molecule has 2 rings (SSSR count). The van der Waals surface area contributed by atoms with Crippen molar-refractivity contribution in [1.29, 1.82) is 0 Å². The Labute approximate surface area is 137 Å². The molecule has 0 aliphatic rings. The summed E-state index contributed by atoms with van der Waals surface area (Å²) < 4.78 is 46.9. The first-order valence-electron chi connectivity index (χ1n) is 7.54. The largest absolute Gasteiger partial charge is 0.494 e. The van der Waals surface area contributed by atoms with Gasteiger partial charge in [0.05, 0.1) is 18.6 Å². The van der Waals surface area contributed by atoms with Crippen molar-refractivity contribution in [3.8, 4) is 5.75 Å². The van der Waals surface area contributed by atoms with E-state index in [9.17, 15) is 18.3 Å². The van der Waals surface area contributed by atoms with Crippen LogP contribution in [-0.2, 0) is 0 Å². The fourth-order valence-electron chi connectivity index (χ4n) is 2.17.